The maximum atomic E-state index is 8.42. The molecule has 0 spiro atoms. The summed E-state index contributed by atoms with van der Waals surface area (Å²) < 4.78 is 0. The fourth-order valence-corrected chi connectivity index (χ4v) is 1.45. The van der Waals surface area contributed by atoms with Crippen LogP contribution in [-0.4, -0.2) is 9.97 Å². The van der Waals surface area contributed by atoms with Gasteiger partial charge in [-0.05, 0) is 17.7 Å². The first kappa shape index (κ1) is 10.1. The van der Waals surface area contributed by atoms with E-state index in [-0.39, 0.29) is 0 Å². The molecule has 2 aromatic rings. The van der Waals surface area contributed by atoms with Crippen molar-refractivity contribution in [2.24, 2.45) is 0 Å². The van der Waals surface area contributed by atoms with Crippen LogP contribution in [0.2, 0.25) is 0 Å². The molecule has 0 aliphatic heterocycles. The average molecular weight is 210 g/mol. The molecule has 0 saturated heterocycles. The van der Waals surface area contributed by atoms with E-state index in [4.69, 9.17) is 11.0 Å². The largest absolute Gasteiger partial charge is 0.383 e. The van der Waals surface area contributed by atoms with Gasteiger partial charge in [-0.3, -0.25) is 0 Å². The summed E-state index contributed by atoms with van der Waals surface area (Å²) in [5.41, 5.74) is 7.57. The van der Waals surface area contributed by atoms with E-state index in [9.17, 15) is 0 Å². The van der Waals surface area contributed by atoms with Crippen molar-refractivity contribution < 1.29 is 0 Å². The highest BCUT2D eigenvalue weighted by Gasteiger charge is 1.99. The minimum absolute atomic E-state index is 0.402. The zero-order chi connectivity index (χ0) is 11.4. The SMILES string of the molecule is N#CCC=Cc1ccc2ncnc(N)c2c1. The zero-order valence-electron chi connectivity index (χ0n) is 8.59. The summed E-state index contributed by atoms with van der Waals surface area (Å²) >= 11 is 0. The van der Waals surface area contributed by atoms with Gasteiger partial charge >= 0.3 is 0 Å². The topological polar surface area (TPSA) is 75.6 Å². The van der Waals surface area contributed by atoms with E-state index in [0.29, 0.717) is 12.2 Å². The molecule has 1 heterocycles. The molecule has 0 fully saturated rings. The second kappa shape index (κ2) is 4.41. The van der Waals surface area contributed by atoms with Gasteiger partial charge in [0.1, 0.15) is 12.1 Å². The highest BCUT2D eigenvalue weighted by molar-refractivity contribution is 5.89. The van der Waals surface area contributed by atoms with E-state index in [1.165, 1.54) is 6.33 Å². The Kier molecular flexibility index (Phi) is 2.79. The maximum Gasteiger partial charge on any atom is 0.134 e. The number of rotatable bonds is 2. The van der Waals surface area contributed by atoms with Gasteiger partial charge in [-0.1, -0.05) is 18.2 Å². The van der Waals surface area contributed by atoms with Crippen LogP contribution in [0.1, 0.15) is 12.0 Å². The number of nitrogens with zero attached hydrogens (tertiary/aromatic N) is 3. The predicted molar refractivity (Wildman–Crippen MR) is 63.2 cm³/mol. The Balaban J connectivity index is 2.44. The Morgan fingerprint density at radius 3 is 3.06 bits per heavy atom. The summed E-state index contributed by atoms with van der Waals surface area (Å²) in [4.78, 5) is 8.05. The van der Waals surface area contributed by atoms with Crippen LogP contribution in [0.15, 0.2) is 30.6 Å². The second-order valence-corrected chi connectivity index (χ2v) is 3.30. The number of benzene rings is 1. The van der Waals surface area contributed by atoms with Crippen molar-refractivity contribution in [3.8, 4) is 6.07 Å². The Bertz CT molecular complexity index is 581. The van der Waals surface area contributed by atoms with Gasteiger partial charge < -0.3 is 5.73 Å². The van der Waals surface area contributed by atoms with Gasteiger partial charge in [0, 0.05) is 5.39 Å². The van der Waals surface area contributed by atoms with Crippen molar-refractivity contribution in [3.05, 3.63) is 36.2 Å². The summed E-state index contributed by atoms with van der Waals surface area (Å²) in [6.07, 6.45) is 5.54. The van der Waals surface area contributed by atoms with Gasteiger partial charge in [0.05, 0.1) is 18.0 Å². The third-order valence-electron chi connectivity index (χ3n) is 2.21. The summed E-state index contributed by atoms with van der Waals surface area (Å²) in [5.74, 6) is 0.473. The summed E-state index contributed by atoms with van der Waals surface area (Å²) in [6.45, 7) is 0. The first-order valence-corrected chi connectivity index (χ1v) is 4.85. The molecular weight excluding hydrogens is 200 g/mol. The predicted octanol–water partition coefficient (Wildman–Crippen LogP) is 2.14. The molecule has 1 aromatic carbocycles. The lowest BCUT2D eigenvalue weighted by Crippen LogP contribution is -1.93. The molecule has 4 heteroatoms. The maximum absolute atomic E-state index is 8.42. The number of nitriles is 1. The molecule has 0 aliphatic carbocycles. The molecular formula is C12H10N4. The van der Waals surface area contributed by atoms with Crippen LogP contribution in [0.25, 0.3) is 17.0 Å². The highest BCUT2D eigenvalue weighted by Crippen LogP contribution is 2.18. The fourth-order valence-electron chi connectivity index (χ4n) is 1.45. The lowest BCUT2D eigenvalue weighted by atomic mass is 10.1. The standard InChI is InChI=1S/C12H10N4/c13-6-2-1-3-9-4-5-11-10(7-9)12(14)16-8-15-11/h1,3-5,7-8H,2H2,(H2,14,15,16). The van der Waals surface area contributed by atoms with Crippen molar-refractivity contribution >= 4 is 22.8 Å². The average Bonchev–Trinajstić information content (AvgIpc) is 2.30. The number of hydrogen-bond donors (Lipinski definition) is 1. The van der Waals surface area contributed by atoms with Gasteiger partial charge in [-0.2, -0.15) is 5.26 Å². The molecule has 2 rings (SSSR count). The Labute approximate surface area is 93.1 Å². The van der Waals surface area contributed by atoms with Crippen molar-refractivity contribution in [3.63, 3.8) is 0 Å². The molecule has 0 unspecified atom stereocenters. The van der Waals surface area contributed by atoms with E-state index in [1.807, 2.05) is 24.3 Å². The van der Waals surface area contributed by atoms with Crippen LogP contribution < -0.4 is 5.73 Å². The van der Waals surface area contributed by atoms with Crippen molar-refractivity contribution in [1.82, 2.24) is 9.97 Å². The molecule has 0 amide bonds. The van der Waals surface area contributed by atoms with Gasteiger partial charge in [0.25, 0.3) is 0 Å². The molecule has 0 saturated carbocycles. The summed E-state index contributed by atoms with van der Waals surface area (Å²) in [5, 5.41) is 9.25. The number of aromatic nitrogens is 2. The summed E-state index contributed by atoms with van der Waals surface area (Å²) in [7, 11) is 0. The number of fused-ring (bicyclic) bond motifs is 1. The van der Waals surface area contributed by atoms with Gasteiger partial charge in [-0.15, -0.1) is 0 Å². The molecule has 1 aromatic heterocycles. The van der Waals surface area contributed by atoms with Gasteiger partial charge in [0.2, 0.25) is 0 Å². The van der Waals surface area contributed by atoms with Crippen molar-refractivity contribution in [2.75, 3.05) is 5.73 Å². The molecule has 4 nitrogen and oxygen atoms in total. The number of anilines is 1. The number of hydrogen-bond acceptors (Lipinski definition) is 4. The number of nitrogen functional groups attached to an aromatic ring is 1. The number of nitrogens with two attached hydrogens (primary N) is 1. The Morgan fingerprint density at radius 2 is 2.25 bits per heavy atom. The Hall–Kier alpha value is -2.41. The van der Waals surface area contributed by atoms with Crippen LogP contribution in [0.4, 0.5) is 5.82 Å². The molecule has 2 N–H and O–H groups in total. The van der Waals surface area contributed by atoms with Crippen LogP contribution in [0.5, 0.6) is 0 Å². The normalized spacial score (nSPS) is 10.7. The van der Waals surface area contributed by atoms with E-state index in [2.05, 4.69) is 16.0 Å². The minimum atomic E-state index is 0.402. The van der Waals surface area contributed by atoms with E-state index in [0.717, 1.165) is 16.5 Å². The van der Waals surface area contributed by atoms with Crippen molar-refractivity contribution in [2.45, 2.75) is 6.42 Å². The third-order valence-corrected chi connectivity index (χ3v) is 2.21. The molecule has 0 radical (unpaired) electrons. The monoisotopic (exact) mass is 210 g/mol. The number of allylic oxidation sites excluding steroid dienone is 1. The molecule has 0 atom stereocenters. The fraction of sp³-hybridized carbons (Fsp3) is 0.0833. The summed E-state index contributed by atoms with van der Waals surface area (Å²) in [6, 6.07) is 7.79. The quantitative estimate of drug-likeness (QED) is 0.823. The molecule has 0 aliphatic rings. The van der Waals surface area contributed by atoms with E-state index >= 15 is 0 Å². The Morgan fingerprint density at radius 1 is 1.38 bits per heavy atom. The zero-order valence-corrected chi connectivity index (χ0v) is 8.59. The highest BCUT2D eigenvalue weighted by atomic mass is 14.9. The van der Waals surface area contributed by atoms with Gasteiger partial charge in [0.15, 0.2) is 0 Å². The molecule has 78 valence electrons. The van der Waals surface area contributed by atoms with Crippen LogP contribution in [-0.2, 0) is 0 Å². The van der Waals surface area contributed by atoms with Crippen LogP contribution in [0, 0.1) is 11.3 Å². The molecule has 16 heavy (non-hydrogen) atoms. The van der Waals surface area contributed by atoms with E-state index in [1.54, 1.807) is 6.08 Å². The first-order valence-electron chi connectivity index (χ1n) is 4.85. The first-order chi connectivity index (χ1) is 7.81. The van der Waals surface area contributed by atoms with Gasteiger partial charge in [-0.25, -0.2) is 9.97 Å². The van der Waals surface area contributed by atoms with Crippen LogP contribution in [0.3, 0.4) is 0 Å². The van der Waals surface area contributed by atoms with Crippen molar-refractivity contribution in [1.29, 1.82) is 5.26 Å². The third kappa shape index (κ3) is 1.98. The van der Waals surface area contributed by atoms with E-state index < -0.39 is 0 Å². The lowest BCUT2D eigenvalue weighted by molar-refractivity contribution is 1.23. The molecule has 0 bridgehead atoms. The second-order valence-electron chi connectivity index (χ2n) is 3.30. The lowest BCUT2D eigenvalue weighted by Gasteiger charge is -2.00. The minimum Gasteiger partial charge on any atom is -0.383 e. The van der Waals surface area contributed by atoms with Crippen LogP contribution >= 0.6 is 0 Å². The smallest absolute Gasteiger partial charge is 0.134 e.